The molecule has 4 rings (SSSR count). The number of rotatable bonds is 4. The zero-order valence-electron chi connectivity index (χ0n) is 14.7. The van der Waals surface area contributed by atoms with Crippen molar-refractivity contribution in [1.82, 2.24) is 14.8 Å². The summed E-state index contributed by atoms with van der Waals surface area (Å²) in [6, 6.07) is 19.2. The number of nitrogens with zero attached hydrogens (tertiary/aromatic N) is 3. The first-order valence-corrected chi connectivity index (χ1v) is 10.3. The lowest BCUT2D eigenvalue weighted by atomic mass is 9.89. The van der Waals surface area contributed by atoms with Gasteiger partial charge in [-0.25, -0.2) is 4.68 Å². The van der Waals surface area contributed by atoms with E-state index in [0.29, 0.717) is 0 Å². The zero-order chi connectivity index (χ0) is 18.0. The Morgan fingerprint density at radius 2 is 1.65 bits per heavy atom. The molecule has 0 saturated heterocycles. The molecule has 0 unspecified atom stereocenters. The molecule has 0 spiro atoms. The molecule has 0 aromatic carbocycles. The lowest BCUT2D eigenvalue weighted by molar-refractivity contribution is 0.670. The molecule has 5 heteroatoms. The molecule has 0 radical (unpaired) electrons. The van der Waals surface area contributed by atoms with Gasteiger partial charge >= 0.3 is 0 Å². The van der Waals surface area contributed by atoms with Crippen LogP contribution in [0.15, 0.2) is 79.4 Å². The van der Waals surface area contributed by atoms with Crippen molar-refractivity contribution in [3.05, 3.63) is 90.0 Å². The molecular formula is C21H19N3P2. The van der Waals surface area contributed by atoms with Crippen LogP contribution in [0.25, 0.3) is 16.3 Å². The van der Waals surface area contributed by atoms with Crippen LogP contribution < -0.4 is 0 Å². The van der Waals surface area contributed by atoms with Gasteiger partial charge in [-0.2, -0.15) is 5.10 Å². The highest BCUT2D eigenvalue weighted by molar-refractivity contribution is 7.35. The average Bonchev–Trinajstić information content (AvgIpc) is 3.24. The normalized spacial score (nSPS) is 12.1. The van der Waals surface area contributed by atoms with Crippen LogP contribution in [0.5, 0.6) is 0 Å². The molecule has 0 N–H and O–H groups in total. The van der Waals surface area contributed by atoms with Crippen LogP contribution in [0.4, 0.5) is 0 Å². The molecule has 4 aromatic rings. The van der Waals surface area contributed by atoms with Crippen LogP contribution in [0.1, 0.15) is 24.4 Å². The molecule has 26 heavy (non-hydrogen) atoms. The third-order valence-corrected chi connectivity index (χ3v) is 7.59. The highest BCUT2D eigenvalue weighted by atomic mass is 31.0. The zero-order valence-corrected chi connectivity index (χ0v) is 16.5. The first kappa shape index (κ1) is 17.1. The quantitative estimate of drug-likeness (QED) is 0.412. The number of hydrogen-bond acceptors (Lipinski definition) is 2. The fourth-order valence-corrected chi connectivity index (χ4v) is 5.41. The summed E-state index contributed by atoms with van der Waals surface area (Å²) in [5, 5.41) is 8.45. The van der Waals surface area contributed by atoms with Crippen LogP contribution in [0, 0.1) is 0 Å². The summed E-state index contributed by atoms with van der Waals surface area (Å²) in [7, 11) is 2.44. The van der Waals surface area contributed by atoms with Gasteiger partial charge in [0.2, 0.25) is 0 Å². The minimum atomic E-state index is -0.0372. The van der Waals surface area contributed by atoms with Crippen molar-refractivity contribution in [1.29, 1.82) is 0 Å². The van der Waals surface area contributed by atoms with Crippen molar-refractivity contribution in [3.8, 4) is 16.3 Å². The molecule has 0 aliphatic heterocycles. The van der Waals surface area contributed by atoms with Gasteiger partial charge in [0.05, 0.1) is 5.42 Å². The standard InChI is InChI=1S/C21H19N3P2/c1-21(2,19-10-4-11-20(26-19)24-14-6-13-23-24)18-9-3-8-17(25-18)16-7-5-12-22-15-16/h3-15H,1-2H3. The molecule has 0 amide bonds. The Morgan fingerprint density at radius 1 is 0.846 bits per heavy atom. The van der Waals surface area contributed by atoms with E-state index < -0.39 is 0 Å². The second kappa shape index (κ2) is 7.11. The summed E-state index contributed by atoms with van der Waals surface area (Å²) in [5.41, 5.74) is 2.33. The molecule has 3 nitrogen and oxygen atoms in total. The van der Waals surface area contributed by atoms with Gasteiger partial charge in [-0.3, -0.25) is 4.98 Å². The SMILES string of the molecule is CC(C)(c1cccc(-c2cccnc2)p1)c1cccc(-n2cccn2)p1. The van der Waals surface area contributed by atoms with Crippen LogP contribution >= 0.6 is 16.4 Å². The first-order valence-electron chi connectivity index (χ1n) is 8.50. The van der Waals surface area contributed by atoms with Crippen LogP contribution in [0.3, 0.4) is 0 Å². The smallest absolute Gasteiger partial charge is 0.0915 e. The fraction of sp³-hybridized carbons (Fsp3) is 0.143. The third-order valence-electron chi connectivity index (χ3n) is 4.46. The van der Waals surface area contributed by atoms with Crippen LogP contribution in [-0.4, -0.2) is 14.8 Å². The van der Waals surface area contributed by atoms with E-state index in [1.165, 1.54) is 43.3 Å². The summed E-state index contributed by atoms with van der Waals surface area (Å²) in [6.45, 7) is 4.62. The Bertz CT molecular complexity index is 1010. The van der Waals surface area contributed by atoms with Gasteiger partial charge in [0.25, 0.3) is 0 Å². The maximum atomic E-state index is 4.38. The number of pyridine rings is 1. The Labute approximate surface area is 157 Å². The fourth-order valence-electron chi connectivity index (χ4n) is 2.89. The third kappa shape index (κ3) is 3.33. The van der Waals surface area contributed by atoms with E-state index >= 15 is 0 Å². The molecule has 0 bridgehead atoms. The number of hydrogen-bond donors (Lipinski definition) is 0. The molecule has 0 atom stereocenters. The predicted octanol–water partition coefficient (Wildman–Crippen LogP) is 6.42. The summed E-state index contributed by atoms with van der Waals surface area (Å²) >= 11 is 0. The van der Waals surface area contributed by atoms with Crippen molar-refractivity contribution in [3.63, 3.8) is 0 Å². The lowest BCUT2D eigenvalue weighted by Gasteiger charge is -2.26. The maximum absolute atomic E-state index is 4.38. The van der Waals surface area contributed by atoms with Gasteiger partial charge in [0.1, 0.15) is 0 Å². The predicted molar refractivity (Wildman–Crippen MR) is 110 cm³/mol. The van der Waals surface area contributed by atoms with Crippen LogP contribution in [-0.2, 0) is 5.41 Å². The van der Waals surface area contributed by atoms with E-state index in [2.05, 4.69) is 66.4 Å². The first-order chi connectivity index (χ1) is 12.6. The van der Waals surface area contributed by atoms with Gasteiger partial charge < -0.3 is 0 Å². The van der Waals surface area contributed by atoms with Crippen molar-refractivity contribution >= 4 is 16.4 Å². The van der Waals surface area contributed by atoms with E-state index in [0.717, 1.165) is 0 Å². The molecule has 0 fully saturated rings. The minimum absolute atomic E-state index is 0.0372. The van der Waals surface area contributed by atoms with Crippen molar-refractivity contribution in [2.45, 2.75) is 19.3 Å². The van der Waals surface area contributed by atoms with Gasteiger partial charge in [0.15, 0.2) is 0 Å². The molecule has 128 valence electrons. The van der Waals surface area contributed by atoms with E-state index in [4.69, 9.17) is 0 Å². The van der Waals surface area contributed by atoms with Crippen molar-refractivity contribution < 1.29 is 0 Å². The van der Waals surface area contributed by atoms with Crippen molar-refractivity contribution in [2.24, 2.45) is 0 Å². The second-order valence-electron chi connectivity index (χ2n) is 6.61. The Morgan fingerprint density at radius 3 is 2.38 bits per heavy atom. The summed E-state index contributed by atoms with van der Waals surface area (Å²) < 4.78 is 1.95. The van der Waals surface area contributed by atoms with E-state index in [1.54, 1.807) is 0 Å². The summed E-state index contributed by atoms with van der Waals surface area (Å²) in [5.74, 6) is 0. The molecule has 4 aromatic heterocycles. The van der Waals surface area contributed by atoms with E-state index in [1.807, 2.05) is 41.6 Å². The van der Waals surface area contributed by atoms with Crippen molar-refractivity contribution in [2.75, 3.05) is 0 Å². The largest absolute Gasteiger partial charge is 0.264 e. The summed E-state index contributed by atoms with van der Waals surface area (Å²) in [6.07, 6.45) is 7.57. The molecule has 0 aliphatic carbocycles. The molecule has 0 saturated carbocycles. The Balaban J connectivity index is 1.74. The van der Waals surface area contributed by atoms with Gasteiger partial charge in [-0.05, 0) is 43.0 Å². The Hall–Kier alpha value is -2.34. The molecular weight excluding hydrogens is 356 g/mol. The van der Waals surface area contributed by atoms with E-state index in [9.17, 15) is 0 Å². The Kier molecular flexibility index (Phi) is 4.68. The van der Waals surface area contributed by atoms with Gasteiger partial charge in [-0.15, -0.1) is 0 Å². The highest BCUT2D eigenvalue weighted by Crippen LogP contribution is 2.44. The molecule has 4 heterocycles. The highest BCUT2D eigenvalue weighted by Gasteiger charge is 2.25. The summed E-state index contributed by atoms with van der Waals surface area (Å²) in [4.78, 5) is 4.26. The van der Waals surface area contributed by atoms with Crippen LogP contribution in [0.2, 0.25) is 0 Å². The van der Waals surface area contributed by atoms with E-state index in [-0.39, 0.29) is 5.41 Å². The van der Waals surface area contributed by atoms with Gasteiger partial charge in [-0.1, -0.05) is 52.4 Å². The lowest BCUT2D eigenvalue weighted by Crippen LogP contribution is -2.16. The topological polar surface area (TPSA) is 30.7 Å². The minimum Gasteiger partial charge on any atom is -0.264 e. The average molecular weight is 375 g/mol. The maximum Gasteiger partial charge on any atom is 0.0915 e. The molecule has 0 aliphatic rings. The monoisotopic (exact) mass is 375 g/mol. The second-order valence-corrected chi connectivity index (χ2v) is 8.96. The number of aromatic nitrogens is 3. The van der Waals surface area contributed by atoms with Gasteiger partial charge in [0, 0.05) is 41.1 Å².